The Labute approximate surface area is 134 Å². The number of carbonyl (C=O) groups is 2. The third-order valence-electron chi connectivity index (χ3n) is 3.18. The number of esters is 1. The average molecular weight is 311 g/mol. The lowest BCUT2D eigenvalue weighted by Gasteiger charge is -2.16. The van der Waals surface area contributed by atoms with Crippen molar-refractivity contribution in [3.63, 3.8) is 0 Å². The van der Waals surface area contributed by atoms with Gasteiger partial charge in [-0.1, -0.05) is 58.3 Å². The van der Waals surface area contributed by atoms with E-state index in [9.17, 15) is 9.59 Å². The van der Waals surface area contributed by atoms with Gasteiger partial charge in [-0.25, -0.2) is 9.59 Å². The zero-order valence-corrected chi connectivity index (χ0v) is 13.9. The van der Waals surface area contributed by atoms with E-state index in [-0.39, 0.29) is 6.61 Å². The number of terminal acetylenes is 1. The number of ether oxygens (including phenoxy) is 2. The van der Waals surface area contributed by atoms with Crippen molar-refractivity contribution in [2.24, 2.45) is 0 Å². The Bertz CT molecular complexity index is 349. The predicted molar refractivity (Wildman–Crippen MR) is 86.3 cm³/mol. The van der Waals surface area contributed by atoms with E-state index in [2.05, 4.69) is 18.2 Å². The summed E-state index contributed by atoms with van der Waals surface area (Å²) >= 11 is 0. The number of carbonyl (C=O) groups excluding carboxylic acids is 2. The lowest BCUT2D eigenvalue weighted by atomic mass is 10.1. The number of alkyl carbamates (subject to hydrolysis) is 1. The van der Waals surface area contributed by atoms with Crippen LogP contribution in [0.3, 0.4) is 0 Å². The number of amides is 1. The lowest BCUT2D eigenvalue weighted by molar-refractivity contribution is -0.146. The summed E-state index contributed by atoms with van der Waals surface area (Å²) in [5.74, 6) is 1.79. The Morgan fingerprint density at radius 3 is 2.36 bits per heavy atom. The van der Waals surface area contributed by atoms with E-state index in [1.54, 1.807) is 0 Å². The summed E-state index contributed by atoms with van der Waals surface area (Å²) in [7, 11) is 0. The predicted octanol–water partition coefficient (Wildman–Crippen LogP) is 3.42. The van der Waals surface area contributed by atoms with Gasteiger partial charge in [-0.15, -0.1) is 6.42 Å². The van der Waals surface area contributed by atoms with Gasteiger partial charge in [-0.05, 0) is 12.8 Å². The maximum atomic E-state index is 11.9. The van der Waals surface area contributed by atoms with Gasteiger partial charge in [0, 0.05) is 0 Å². The van der Waals surface area contributed by atoms with E-state index in [0.717, 1.165) is 19.3 Å². The lowest BCUT2D eigenvalue weighted by Crippen LogP contribution is -2.42. The molecule has 0 aromatic heterocycles. The molecule has 0 rings (SSSR count). The Kier molecular flexibility index (Phi) is 13.1. The van der Waals surface area contributed by atoms with E-state index < -0.39 is 18.1 Å². The van der Waals surface area contributed by atoms with Crippen molar-refractivity contribution in [1.29, 1.82) is 0 Å². The second-order valence-corrected chi connectivity index (χ2v) is 5.20. The van der Waals surface area contributed by atoms with E-state index in [4.69, 9.17) is 15.9 Å². The van der Waals surface area contributed by atoms with Gasteiger partial charge < -0.3 is 14.8 Å². The van der Waals surface area contributed by atoms with E-state index >= 15 is 0 Å². The first-order valence-corrected chi connectivity index (χ1v) is 8.19. The summed E-state index contributed by atoms with van der Waals surface area (Å²) < 4.78 is 9.92. The standard InChI is InChI=1S/C17H29NO4/c1-4-7-8-9-10-11-14-21-16(19)15(12-5-2)18-17(20)22-13-6-3/h3,15H,4-5,7-14H2,1-2H3,(H,18,20). The zero-order valence-electron chi connectivity index (χ0n) is 13.9. The molecule has 0 heterocycles. The molecule has 1 amide bonds. The van der Waals surface area contributed by atoms with Gasteiger partial charge in [0.25, 0.3) is 0 Å². The van der Waals surface area contributed by atoms with Crippen molar-refractivity contribution in [2.45, 2.75) is 71.3 Å². The summed E-state index contributed by atoms with van der Waals surface area (Å²) in [5, 5.41) is 2.49. The molecule has 0 saturated carbocycles. The van der Waals surface area contributed by atoms with Crippen LogP contribution in [0.25, 0.3) is 0 Å². The van der Waals surface area contributed by atoms with Crippen LogP contribution in [-0.2, 0) is 14.3 Å². The smallest absolute Gasteiger partial charge is 0.408 e. The van der Waals surface area contributed by atoms with Crippen LogP contribution in [0.4, 0.5) is 4.79 Å². The van der Waals surface area contributed by atoms with Crippen LogP contribution in [0.5, 0.6) is 0 Å². The first-order valence-electron chi connectivity index (χ1n) is 8.19. The van der Waals surface area contributed by atoms with Gasteiger partial charge in [0.2, 0.25) is 0 Å². The largest absolute Gasteiger partial charge is 0.464 e. The summed E-state index contributed by atoms with van der Waals surface area (Å²) in [5.41, 5.74) is 0. The van der Waals surface area contributed by atoms with Gasteiger partial charge in [0.15, 0.2) is 6.61 Å². The highest BCUT2D eigenvalue weighted by Gasteiger charge is 2.21. The molecule has 0 fully saturated rings. The minimum Gasteiger partial charge on any atom is -0.464 e. The highest BCUT2D eigenvalue weighted by atomic mass is 16.6. The second kappa shape index (κ2) is 14.2. The molecule has 0 aromatic rings. The molecule has 0 spiro atoms. The summed E-state index contributed by atoms with van der Waals surface area (Å²) in [6.45, 7) is 4.39. The topological polar surface area (TPSA) is 64.6 Å². The van der Waals surface area contributed by atoms with Crippen LogP contribution in [0, 0.1) is 12.3 Å². The second-order valence-electron chi connectivity index (χ2n) is 5.20. The molecule has 0 radical (unpaired) electrons. The van der Waals surface area contributed by atoms with Gasteiger partial charge in [0.1, 0.15) is 6.04 Å². The van der Waals surface area contributed by atoms with Gasteiger partial charge in [-0.3, -0.25) is 0 Å². The molecule has 0 saturated heterocycles. The molecule has 0 aliphatic rings. The zero-order chi connectivity index (χ0) is 16.6. The van der Waals surface area contributed by atoms with Gasteiger partial charge in [0.05, 0.1) is 6.61 Å². The molecule has 1 unspecified atom stereocenters. The molecule has 5 nitrogen and oxygen atoms in total. The third kappa shape index (κ3) is 11.0. The highest BCUT2D eigenvalue weighted by Crippen LogP contribution is 2.06. The Morgan fingerprint density at radius 1 is 1.05 bits per heavy atom. The minimum atomic E-state index is -0.687. The Balaban J connectivity index is 3.94. The van der Waals surface area contributed by atoms with E-state index in [1.807, 2.05) is 6.92 Å². The maximum absolute atomic E-state index is 11.9. The first-order chi connectivity index (χ1) is 10.7. The summed E-state index contributed by atoms with van der Waals surface area (Å²) in [6, 6.07) is -0.671. The van der Waals surface area contributed by atoms with E-state index in [1.165, 1.54) is 25.7 Å². The third-order valence-corrected chi connectivity index (χ3v) is 3.18. The van der Waals surface area contributed by atoms with Crippen LogP contribution in [-0.4, -0.2) is 31.3 Å². The Hall–Kier alpha value is -1.70. The molecule has 0 aliphatic carbocycles. The van der Waals surface area contributed by atoms with E-state index in [0.29, 0.717) is 13.0 Å². The molecule has 5 heteroatoms. The number of rotatable bonds is 12. The Morgan fingerprint density at radius 2 is 1.73 bits per heavy atom. The quantitative estimate of drug-likeness (QED) is 0.341. The van der Waals surface area contributed by atoms with Crippen molar-refractivity contribution in [3.8, 4) is 12.3 Å². The van der Waals surface area contributed by atoms with Crippen molar-refractivity contribution >= 4 is 12.1 Å². The van der Waals surface area contributed by atoms with Crippen LogP contribution < -0.4 is 5.32 Å². The maximum Gasteiger partial charge on any atom is 0.408 e. The SMILES string of the molecule is C#CCOC(=O)NC(CCC)C(=O)OCCCCCCCC. The van der Waals surface area contributed by atoms with Gasteiger partial charge in [-0.2, -0.15) is 0 Å². The van der Waals surface area contributed by atoms with Crippen LogP contribution in [0.1, 0.15) is 65.2 Å². The summed E-state index contributed by atoms with van der Waals surface area (Å²) in [4.78, 5) is 23.4. The molecule has 1 atom stereocenters. The van der Waals surface area contributed by atoms with Crippen LogP contribution in [0.2, 0.25) is 0 Å². The molecule has 0 aliphatic heterocycles. The highest BCUT2D eigenvalue weighted by molar-refractivity contribution is 5.81. The molecule has 1 N–H and O–H groups in total. The van der Waals surface area contributed by atoms with Crippen molar-refractivity contribution in [2.75, 3.05) is 13.2 Å². The monoisotopic (exact) mass is 311 g/mol. The number of unbranched alkanes of at least 4 members (excludes halogenated alkanes) is 5. The molecule has 22 heavy (non-hydrogen) atoms. The number of nitrogens with one attached hydrogen (secondary N) is 1. The fourth-order valence-electron chi connectivity index (χ4n) is 1.98. The van der Waals surface area contributed by atoms with Crippen molar-refractivity contribution in [1.82, 2.24) is 5.32 Å². The normalized spacial score (nSPS) is 11.3. The molecule has 126 valence electrons. The fourth-order valence-corrected chi connectivity index (χ4v) is 1.98. The number of hydrogen-bond acceptors (Lipinski definition) is 4. The fraction of sp³-hybridized carbons (Fsp3) is 0.765. The molecule has 0 bridgehead atoms. The van der Waals surface area contributed by atoms with Crippen molar-refractivity contribution in [3.05, 3.63) is 0 Å². The minimum absolute atomic E-state index is 0.114. The number of hydrogen-bond donors (Lipinski definition) is 1. The van der Waals surface area contributed by atoms with Crippen LogP contribution >= 0.6 is 0 Å². The average Bonchev–Trinajstić information content (AvgIpc) is 2.51. The first kappa shape index (κ1) is 20.3. The molecule has 0 aromatic carbocycles. The van der Waals surface area contributed by atoms with Gasteiger partial charge >= 0.3 is 12.1 Å². The summed E-state index contributed by atoms with van der Waals surface area (Å²) in [6.07, 6.45) is 12.4. The van der Waals surface area contributed by atoms with Crippen molar-refractivity contribution < 1.29 is 19.1 Å². The van der Waals surface area contributed by atoms with Crippen LogP contribution in [0.15, 0.2) is 0 Å². The molecular formula is C17H29NO4. The molecular weight excluding hydrogens is 282 g/mol.